The van der Waals surface area contributed by atoms with Crippen molar-refractivity contribution in [3.8, 4) is 6.07 Å². The summed E-state index contributed by atoms with van der Waals surface area (Å²) in [6, 6.07) is 10.7. The highest BCUT2D eigenvalue weighted by Crippen LogP contribution is 2.34. The number of aromatic nitrogens is 2. The molecular formula is C19H21N5. The average molecular weight is 319 g/mol. The van der Waals surface area contributed by atoms with Gasteiger partial charge in [-0.2, -0.15) is 5.26 Å². The molecule has 122 valence electrons. The summed E-state index contributed by atoms with van der Waals surface area (Å²) in [5.41, 5.74) is 11.8. The highest BCUT2D eigenvalue weighted by atomic mass is 15.3. The van der Waals surface area contributed by atoms with Crippen LogP contribution in [-0.2, 0) is 6.42 Å². The number of nitrogens with zero attached hydrogens (tertiary/aromatic N) is 4. The van der Waals surface area contributed by atoms with Gasteiger partial charge < -0.3 is 10.6 Å². The number of hydrogen-bond donors (Lipinski definition) is 1. The molecule has 1 aliphatic rings. The molecule has 5 heteroatoms. The van der Waals surface area contributed by atoms with Crippen molar-refractivity contribution >= 4 is 22.5 Å². The Labute approximate surface area is 141 Å². The smallest absolute Gasteiger partial charge is 0.157 e. The van der Waals surface area contributed by atoms with Gasteiger partial charge in [-0.3, -0.25) is 4.40 Å². The van der Waals surface area contributed by atoms with E-state index in [9.17, 15) is 5.26 Å². The summed E-state index contributed by atoms with van der Waals surface area (Å²) in [6.45, 7) is 5.98. The van der Waals surface area contributed by atoms with Gasteiger partial charge in [0.2, 0.25) is 0 Å². The van der Waals surface area contributed by atoms with Gasteiger partial charge in [0.15, 0.2) is 5.65 Å². The zero-order valence-electron chi connectivity index (χ0n) is 14.1. The molecule has 0 amide bonds. The molecule has 1 atom stereocenters. The lowest BCUT2D eigenvalue weighted by molar-refractivity contribution is 0.750. The second-order valence-corrected chi connectivity index (χ2v) is 6.52. The molecule has 2 N–H and O–H groups in total. The Morgan fingerprint density at radius 2 is 2.17 bits per heavy atom. The van der Waals surface area contributed by atoms with E-state index in [2.05, 4.69) is 28.4 Å². The van der Waals surface area contributed by atoms with E-state index in [1.807, 2.05) is 25.1 Å². The topological polar surface area (TPSA) is 70.4 Å². The highest BCUT2D eigenvalue weighted by Gasteiger charge is 2.27. The first kappa shape index (κ1) is 15.0. The van der Waals surface area contributed by atoms with Gasteiger partial charge in [-0.05, 0) is 43.0 Å². The molecule has 3 heterocycles. The fourth-order valence-electron chi connectivity index (χ4n) is 3.90. The van der Waals surface area contributed by atoms with Crippen molar-refractivity contribution in [1.82, 2.24) is 9.38 Å². The molecule has 1 saturated heterocycles. The fraction of sp³-hybridized carbons (Fsp3) is 0.368. The molecule has 0 saturated carbocycles. The number of nitrogens with two attached hydrogens (primary N) is 1. The van der Waals surface area contributed by atoms with Crippen molar-refractivity contribution in [3.63, 3.8) is 0 Å². The van der Waals surface area contributed by atoms with Crippen LogP contribution in [0.1, 0.15) is 30.0 Å². The van der Waals surface area contributed by atoms with Crippen LogP contribution in [0.15, 0.2) is 24.3 Å². The van der Waals surface area contributed by atoms with E-state index in [1.54, 1.807) is 0 Å². The number of nitriles is 1. The summed E-state index contributed by atoms with van der Waals surface area (Å²) < 4.78 is 2.16. The largest absolute Gasteiger partial charge is 0.356 e. The Morgan fingerprint density at radius 1 is 1.38 bits per heavy atom. The first-order valence-electron chi connectivity index (χ1n) is 8.49. The quantitative estimate of drug-likeness (QED) is 0.788. The summed E-state index contributed by atoms with van der Waals surface area (Å²) in [5, 5.41) is 9.72. The maximum atomic E-state index is 9.72. The number of rotatable bonds is 2. The van der Waals surface area contributed by atoms with Gasteiger partial charge >= 0.3 is 0 Å². The Hall–Kier alpha value is -2.58. The highest BCUT2D eigenvalue weighted by molar-refractivity contribution is 5.86. The Balaban J connectivity index is 2.17. The third-order valence-electron chi connectivity index (χ3n) is 5.08. The fourth-order valence-corrected chi connectivity index (χ4v) is 3.90. The molecule has 5 nitrogen and oxygen atoms in total. The van der Waals surface area contributed by atoms with Gasteiger partial charge in [0, 0.05) is 19.1 Å². The van der Waals surface area contributed by atoms with Crippen LogP contribution >= 0.6 is 0 Å². The number of para-hydroxylation sites is 2. The molecule has 2 aromatic heterocycles. The minimum Gasteiger partial charge on any atom is -0.356 e. The van der Waals surface area contributed by atoms with E-state index in [1.165, 1.54) is 5.56 Å². The zero-order valence-corrected chi connectivity index (χ0v) is 14.1. The summed E-state index contributed by atoms with van der Waals surface area (Å²) in [6.07, 6.45) is 1.88. The van der Waals surface area contributed by atoms with Gasteiger partial charge in [-0.25, -0.2) is 4.98 Å². The minimum absolute atomic E-state index is 0.204. The summed E-state index contributed by atoms with van der Waals surface area (Å²) in [7, 11) is 0. The van der Waals surface area contributed by atoms with Crippen LogP contribution in [0.5, 0.6) is 0 Å². The normalized spacial score (nSPS) is 17.8. The number of benzene rings is 1. The number of fused-ring (bicyclic) bond motifs is 3. The van der Waals surface area contributed by atoms with Crippen molar-refractivity contribution in [2.75, 3.05) is 18.0 Å². The second-order valence-electron chi connectivity index (χ2n) is 6.52. The summed E-state index contributed by atoms with van der Waals surface area (Å²) in [5.74, 6) is 1.16. The van der Waals surface area contributed by atoms with Crippen LogP contribution in [0.25, 0.3) is 16.7 Å². The summed E-state index contributed by atoms with van der Waals surface area (Å²) in [4.78, 5) is 7.12. The number of imidazole rings is 1. The van der Waals surface area contributed by atoms with Gasteiger partial charge in [0.25, 0.3) is 0 Å². The third kappa shape index (κ3) is 2.00. The SMILES string of the molecule is CCc1c(C)c(C#N)c2nc3ccccc3n2c1N1CC[C@H](N)C1. The molecule has 0 aliphatic carbocycles. The monoisotopic (exact) mass is 319 g/mol. The van der Waals surface area contributed by atoms with Gasteiger partial charge in [-0.15, -0.1) is 0 Å². The maximum absolute atomic E-state index is 9.72. The first-order valence-corrected chi connectivity index (χ1v) is 8.49. The van der Waals surface area contributed by atoms with E-state index >= 15 is 0 Å². The number of pyridine rings is 1. The van der Waals surface area contributed by atoms with Crippen LogP contribution in [0, 0.1) is 18.3 Å². The maximum Gasteiger partial charge on any atom is 0.157 e. The minimum atomic E-state index is 0.204. The van der Waals surface area contributed by atoms with Gasteiger partial charge in [0.1, 0.15) is 11.9 Å². The third-order valence-corrected chi connectivity index (χ3v) is 5.08. The lowest BCUT2D eigenvalue weighted by Crippen LogP contribution is -2.29. The Kier molecular flexibility index (Phi) is 3.43. The molecule has 1 fully saturated rings. The predicted molar refractivity (Wildman–Crippen MR) is 96.3 cm³/mol. The molecule has 0 spiro atoms. The van der Waals surface area contributed by atoms with E-state index < -0.39 is 0 Å². The lowest BCUT2D eigenvalue weighted by Gasteiger charge is -2.25. The van der Waals surface area contributed by atoms with Crippen LogP contribution in [0.4, 0.5) is 5.82 Å². The molecule has 4 rings (SSSR count). The van der Waals surface area contributed by atoms with E-state index in [0.29, 0.717) is 5.56 Å². The lowest BCUT2D eigenvalue weighted by atomic mass is 10.0. The molecule has 0 radical (unpaired) electrons. The zero-order chi connectivity index (χ0) is 16.8. The van der Waals surface area contributed by atoms with Gasteiger partial charge in [-0.1, -0.05) is 19.1 Å². The van der Waals surface area contributed by atoms with Gasteiger partial charge in [0.05, 0.1) is 16.6 Å². The van der Waals surface area contributed by atoms with Crippen molar-refractivity contribution in [3.05, 3.63) is 41.0 Å². The van der Waals surface area contributed by atoms with Crippen LogP contribution in [0.3, 0.4) is 0 Å². The van der Waals surface area contributed by atoms with Crippen LogP contribution in [0.2, 0.25) is 0 Å². The molecule has 1 aliphatic heterocycles. The van der Waals surface area contributed by atoms with E-state index in [0.717, 1.165) is 54.0 Å². The average Bonchev–Trinajstić information content (AvgIpc) is 3.17. The Bertz CT molecular complexity index is 979. The van der Waals surface area contributed by atoms with Crippen molar-refractivity contribution in [2.45, 2.75) is 32.7 Å². The molecule has 24 heavy (non-hydrogen) atoms. The standard InChI is InChI=1S/C19H21N5/c1-3-14-12(2)15(10-20)18-22-16-6-4-5-7-17(16)24(18)19(14)23-9-8-13(21)11-23/h4-7,13H,3,8-9,11,21H2,1-2H3/t13-/m0/s1. The van der Waals surface area contributed by atoms with Crippen molar-refractivity contribution in [1.29, 1.82) is 5.26 Å². The molecule has 3 aromatic rings. The molecule has 0 bridgehead atoms. The van der Waals surface area contributed by atoms with E-state index in [-0.39, 0.29) is 6.04 Å². The van der Waals surface area contributed by atoms with Crippen molar-refractivity contribution < 1.29 is 0 Å². The molecule has 1 aromatic carbocycles. The van der Waals surface area contributed by atoms with Crippen LogP contribution in [-0.4, -0.2) is 28.5 Å². The molecule has 0 unspecified atom stereocenters. The number of hydrogen-bond acceptors (Lipinski definition) is 4. The van der Waals surface area contributed by atoms with Crippen LogP contribution < -0.4 is 10.6 Å². The first-order chi connectivity index (χ1) is 11.7. The number of anilines is 1. The van der Waals surface area contributed by atoms with E-state index in [4.69, 9.17) is 10.7 Å². The second kappa shape index (κ2) is 5.50. The predicted octanol–water partition coefficient (Wildman–Crippen LogP) is 2.77. The van der Waals surface area contributed by atoms with Crippen molar-refractivity contribution in [2.24, 2.45) is 5.73 Å². The summed E-state index contributed by atoms with van der Waals surface area (Å²) >= 11 is 0. The molecular weight excluding hydrogens is 298 g/mol. The Morgan fingerprint density at radius 3 is 2.83 bits per heavy atom.